The summed E-state index contributed by atoms with van der Waals surface area (Å²) in [5.41, 5.74) is 7.99. The van der Waals surface area contributed by atoms with Gasteiger partial charge < -0.3 is 10.6 Å². The van der Waals surface area contributed by atoms with Crippen LogP contribution in [0, 0.1) is 5.92 Å². The molecule has 0 saturated heterocycles. The number of nitrogens with two attached hydrogens (primary N) is 1. The lowest BCUT2D eigenvalue weighted by molar-refractivity contribution is 0.638. The maximum atomic E-state index is 5.54. The van der Waals surface area contributed by atoms with Crippen molar-refractivity contribution >= 4 is 5.69 Å². The van der Waals surface area contributed by atoms with Gasteiger partial charge in [0.1, 0.15) is 0 Å². The summed E-state index contributed by atoms with van der Waals surface area (Å²) in [6, 6.07) is 8.44. The van der Waals surface area contributed by atoms with Gasteiger partial charge in [-0.05, 0) is 23.6 Å². The third-order valence-corrected chi connectivity index (χ3v) is 2.25. The van der Waals surface area contributed by atoms with Crippen molar-refractivity contribution in [1.29, 1.82) is 0 Å². The second-order valence-electron chi connectivity index (χ2n) is 4.14. The Kier molecular flexibility index (Phi) is 3.96. The Balaban J connectivity index is 2.66. The molecule has 2 heteroatoms. The standard InChI is InChI=1S/C12H20N2/c1-10(2)9-14(3)12-6-4-11(8-13)5-7-12/h4-7,10H,8-9,13H2,1-3H3. The summed E-state index contributed by atoms with van der Waals surface area (Å²) >= 11 is 0. The molecule has 0 bridgehead atoms. The van der Waals surface area contributed by atoms with Gasteiger partial charge in [0.15, 0.2) is 0 Å². The van der Waals surface area contributed by atoms with Crippen molar-refractivity contribution in [1.82, 2.24) is 0 Å². The molecule has 0 radical (unpaired) electrons. The monoisotopic (exact) mass is 192 g/mol. The molecule has 0 heterocycles. The fraction of sp³-hybridized carbons (Fsp3) is 0.500. The highest BCUT2D eigenvalue weighted by atomic mass is 15.1. The lowest BCUT2D eigenvalue weighted by Gasteiger charge is -2.21. The number of rotatable bonds is 4. The van der Waals surface area contributed by atoms with E-state index in [0.29, 0.717) is 12.5 Å². The molecule has 0 saturated carbocycles. The van der Waals surface area contributed by atoms with E-state index in [1.165, 1.54) is 11.3 Å². The summed E-state index contributed by atoms with van der Waals surface area (Å²) in [5, 5.41) is 0. The molecule has 1 rings (SSSR count). The van der Waals surface area contributed by atoms with E-state index in [-0.39, 0.29) is 0 Å². The molecule has 1 aromatic rings. The van der Waals surface area contributed by atoms with Crippen molar-refractivity contribution < 1.29 is 0 Å². The number of nitrogens with zero attached hydrogens (tertiary/aromatic N) is 1. The first-order valence-corrected chi connectivity index (χ1v) is 5.13. The van der Waals surface area contributed by atoms with Gasteiger partial charge in [-0.15, -0.1) is 0 Å². The lowest BCUT2D eigenvalue weighted by Crippen LogP contribution is -2.22. The zero-order valence-electron chi connectivity index (χ0n) is 9.33. The Hall–Kier alpha value is -1.02. The minimum absolute atomic E-state index is 0.619. The van der Waals surface area contributed by atoms with E-state index in [4.69, 9.17) is 5.73 Å². The van der Waals surface area contributed by atoms with E-state index < -0.39 is 0 Å². The maximum Gasteiger partial charge on any atom is 0.0363 e. The Labute approximate surface area is 86.7 Å². The van der Waals surface area contributed by atoms with Crippen molar-refractivity contribution in [3.8, 4) is 0 Å². The molecule has 0 aliphatic heterocycles. The third kappa shape index (κ3) is 3.04. The molecule has 0 amide bonds. The van der Waals surface area contributed by atoms with Gasteiger partial charge in [0.25, 0.3) is 0 Å². The SMILES string of the molecule is CC(C)CN(C)c1ccc(CN)cc1. The van der Waals surface area contributed by atoms with Crippen LogP contribution in [-0.2, 0) is 6.54 Å². The van der Waals surface area contributed by atoms with Gasteiger partial charge in [0.05, 0.1) is 0 Å². The Morgan fingerprint density at radius 1 is 1.21 bits per heavy atom. The fourth-order valence-electron chi connectivity index (χ4n) is 1.54. The van der Waals surface area contributed by atoms with Crippen molar-refractivity contribution in [2.24, 2.45) is 11.7 Å². The van der Waals surface area contributed by atoms with Crippen LogP contribution in [0.25, 0.3) is 0 Å². The molecular formula is C12H20N2. The topological polar surface area (TPSA) is 29.3 Å². The summed E-state index contributed by atoms with van der Waals surface area (Å²) in [5.74, 6) is 0.689. The predicted octanol–water partition coefficient (Wildman–Crippen LogP) is 2.24. The van der Waals surface area contributed by atoms with Crippen LogP contribution in [0.2, 0.25) is 0 Å². The van der Waals surface area contributed by atoms with E-state index in [0.717, 1.165) is 6.54 Å². The average molecular weight is 192 g/mol. The Morgan fingerprint density at radius 2 is 1.79 bits per heavy atom. The van der Waals surface area contributed by atoms with Crippen molar-refractivity contribution in [2.45, 2.75) is 20.4 Å². The minimum Gasteiger partial charge on any atom is -0.374 e. The van der Waals surface area contributed by atoms with Crippen LogP contribution in [0.4, 0.5) is 5.69 Å². The van der Waals surface area contributed by atoms with Crippen molar-refractivity contribution in [3.63, 3.8) is 0 Å². The summed E-state index contributed by atoms with van der Waals surface area (Å²) in [4.78, 5) is 2.27. The summed E-state index contributed by atoms with van der Waals surface area (Å²) in [7, 11) is 2.12. The Bertz CT molecular complexity index is 264. The average Bonchev–Trinajstić information content (AvgIpc) is 2.17. The van der Waals surface area contributed by atoms with Gasteiger partial charge >= 0.3 is 0 Å². The largest absolute Gasteiger partial charge is 0.374 e. The molecule has 0 aromatic heterocycles. The van der Waals surface area contributed by atoms with Gasteiger partial charge in [-0.25, -0.2) is 0 Å². The zero-order valence-corrected chi connectivity index (χ0v) is 9.33. The smallest absolute Gasteiger partial charge is 0.0363 e. The van der Waals surface area contributed by atoms with Crippen molar-refractivity contribution in [2.75, 3.05) is 18.5 Å². The summed E-state index contributed by atoms with van der Waals surface area (Å²) < 4.78 is 0. The molecule has 0 unspecified atom stereocenters. The van der Waals surface area contributed by atoms with E-state index in [1.54, 1.807) is 0 Å². The van der Waals surface area contributed by atoms with E-state index in [9.17, 15) is 0 Å². The fourth-order valence-corrected chi connectivity index (χ4v) is 1.54. The molecular weight excluding hydrogens is 172 g/mol. The van der Waals surface area contributed by atoms with Crippen LogP contribution < -0.4 is 10.6 Å². The van der Waals surface area contributed by atoms with Crippen LogP contribution >= 0.6 is 0 Å². The highest BCUT2D eigenvalue weighted by Gasteiger charge is 2.02. The quantitative estimate of drug-likeness (QED) is 0.792. The maximum absolute atomic E-state index is 5.54. The molecule has 0 aliphatic carbocycles. The molecule has 2 N–H and O–H groups in total. The zero-order chi connectivity index (χ0) is 10.6. The van der Waals surface area contributed by atoms with Crippen LogP contribution in [0.1, 0.15) is 19.4 Å². The van der Waals surface area contributed by atoms with Gasteiger partial charge in [0.2, 0.25) is 0 Å². The molecule has 0 atom stereocenters. The van der Waals surface area contributed by atoms with Gasteiger partial charge in [-0.3, -0.25) is 0 Å². The summed E-state index contributed by atoms with van der Waals surface area (Å²) in [6.45, 7) is 6.16. The number of benzene rings is 1. The Morgan fingerprint density at radius 3 is 2.21 bits per heavy atom. The van der Waals surface area contributed by atoms with E-state index in [2.05, 4.69) is 50.1 Å². The van der Waals surface area contributed by atoms with E-state index in [1.807, 2.05) is 0 Å². The number of hydrogen-bond acceptors (Lipinski definition) is 2. The van der Waals surface area contributed by atoms with Crippen molar-refractivity contribution in [3.05, 3.63) is 29.8 Å². The first-order valence-electron chi connectivity index (χ1n) is 5.13. The minimum atomic E-state index is 0.619. The highest BCUT2D eigenvalue weighted by Crippen LogP contribution is 2.14. The van der Waals surface area contributed by atoms with Gasteiger partial charge in [-0.2, -0.15) is 0 Å². The lowest BCUT2D eigenvalue weighted by atomic mass is 10.1. The molecule has 78 valence electrons. The predicted molar refractivity (Wildman–Crippen MR) is 62.4 cm³/mol. The van der Waals surface area contributed by atoms with E-state index >= 15 is 0 Å². The second kappa shape index (κ2) is 5.01. The number of anilines is 1. The normalized spacial score (nSPS) is 10.6. The van der Waals surface area contributed by atoms with Gasteiger partial charge in [-0.1, -0.05) is 26.0 Å². The molecule has 1 aromatic carbocycles. The molecule has 14 heavy (non-hydrogen) atoms. The first kappa shape index (κ1) is 11.1. The summed E-state index contributed by atoms with van der Waals surface area (Å²) in [6.07, 6.45) is 0. The second-order valence-corrected chi connectivity index (χ2v) is 4.14. The van der Waals surface area contributed by atoms with Crippen LogP contribution in [-0.4, -0.2) is 13.6 Å². The molecule has 2 nitrogen and oxygen atoms in total. The van der Waals surface area contributed by atoms with Crippen LogP contribution in [0.15, 0.2) is 24.3 Å². The highest BCUT2D eigenvalue weighted by molar-refractivity contribution is 5.46. The van der Waals surface area contributed by atoms with Crippen LogP contribution in [0.3, 0.4) is 0 Å². The first-order chi connectivity index (χ1) is 6.63. The van der Waals surface area contributed by atoms with Crippen LogP contribution in [0.5, 0.6) is 0 Å². The molecule has 0 spiro atoms. The molecule has 0 aliphatic rings. The third-order valence-electron chi connectivity index (χ3n) is 2.25. The molecule has 0 fully saturated rings. The number of hydrogen-bond donors (Lipinski definition) is 1. The van der Waals surface area contributed by atoms with Gasteiger partial charge in [0, 0.05) is 25.8 Å².